The Balaban J connectivity index is 4.14. The molecule has 0 rings (SSSR count). The number of carbonyl (C=O) groups excluding carboxylic acids is 3. The van der Waals surface area contributed by atoms with E-state index in [-0.39, 0.29) is 31.1 Å². The molecule has 74 heavy (non-hydrogen) atoms. The lowest BCUT2D eigenvalue weighted by molar-refractivity contribution is -0.167. The molecular weight excluding hydrogens is 913 g/mol. The van der Waals surface area contributed by atoms with Crippen molar-refractivity contribution in [1.82, 2.24) is 0 Å². The minimum Gasteiger partial charge on any atom is -0.462 e. The van der Waals surface area contributed by atoms with Crippen molar-refractivity contribution in [2.45, 2.75) is 316 Å². The summed E-state index contributed by atoms with van der Waals surface area (Å²) in [5.41, 5.74) is 0. The second-order valence-corrected chi connectivity index (χ2v) is 21.0. The maximum atomic E-state index is 12.8. The summed E-state index contributed by atoms with van der Waals surface area (Å²) in [5, 5.41) is 0. The third-order valence-corrected chi connectivity index (χ3v) is 13.7. The van der Waals surface area contributed by atoms with Crippen molar-refractivity contribution in [3.05, 3.63) is 85.1 Å². The van der Waals surface area contributed by atoms with Crippen LogP contribution in [-0.2, 0) is 28.6 Å². The van der Waals surface area contributed by atoms with Gasteiger partial charge in [-0.15, -0.1) is 0 Å². The molecule has 6 heteroatoms. The highest BCUT2D eigenvalue weighted by Gasteiger charge is 2.19. The quantitative estimate of drug-likeness (QED) is 0.0261. The van der Waals surface area contributed by atoms with Crippen molar-refractivity contribution in [3.8, 4) is 0 Å². The van der Waals surface area contributed by atoms with E-state index in [9.17, 15) is 14.4 Å². The number of carbonyl (C=O) groups is 3. The zero-order valence-corrected chi connectivity index (χ0v) is 48.8. The lowest BCUT2D eigenvalue weighted by atomic mass is 10.0. The van der Waals surface area contributed by atoms with Gasteiger partial charge in [0.2, 0.25) is 0 Å². The molecule has 0 fully saturated rings. The Labute approximate surface area is 458 Å². The van der Waals surface area contributed by atoms with Gasteiger partial charge in [0.25, 0.3) is 0 Å². The van der Waals surface area contributed by atoms with Gasteiger partial charge in [0.1, 0.15) is 13.2 Å². The molecule has 0 aromatic carbocycles. The molecule has 0 saturated carbocycles. The Kier molecular flexibility index (Phi) is 59.3. The molecule has 0 heterocycles. The summed E-state index contributed by atoms with van der Waals surface area (Å²) in [6.07, 6.45) is 82.0. The van der Waals surface area contributed by atoms with E-state index >= 15 is 0 Å². The summed E-state index contributed by atoms with van der Waals surface area (Å²) >= 11 is 0. The van der Waals surface area contributed by atoms with Gasteiger partial charge in [-0.05, 0) is 77.0 Å². The number of esters is 3. The fraction of sp³-hybridized carbons (Fsp3) is 0.750. The standard InChI is InChI=1S/C68H118O6/c1-4-7-10-13-16-18-20-22-24-26-28-30-32-33-34-35-37-38-40-42-44-46-48-50-52-55-58-61-67(70)73-64-65(63-72-66(69)60-57-54-15-12-9-6-3)74-68(71)62-59-56-53-51-49-47-45-43-41-39-36-31-29-27-25-23-21-19-17-14-11-8-5-2/h7,10,16,18,22,24,28,30,33-34,37-38,42,44,65H,4-6,8-9,11-15,17,19-21,23,25-27,29,31-32,35-36,39-41,43,45-64H2,1-3H3/b10-7-,18-16-,24-22-,30-28-,34-33-,38-37-,44-42-. The average Bonchev–Trinajstić information content (AvgIpc) is 3.40. The van der Waals surface area contributed by atoms with E-state index in [1.165, 1.54) is 148 Å². The molecule has 6 nitrogen and oxygen atoms in total. The van der Waals surface area contributed by atoms with E-state index < -0.39 is 6.10 Å². The molecule has 0 saturated heterocycles. The first-order valence-corrected chi connectivity index (χ1v) is 31.6. The summed E-state index contributed by atoms with van der Waals surface area (Å²) in [4.78, 5) is 38.0. The second kappa shape index (κ2) is 62.1. The molecule has 0 aliphatic carbocycles. The van der Waals surface area contributed by atoms with Crippen LogP contribution >= 0.6 is 0 Å². The molecule has 1 unspecified atom stereocenters. The van der Waals surface area contributed by atoms with E-state index in [1.54, 1.807) is 0 Å². The number of ether oxygens (including phenoxy) is 3. The number of hydrogen-bond acceptors (Lipinski definition) is 6. The highest BCUT2D eigenvalue weighted by atomic mass is 16.6. The second-order valence-electron chi connectivity index (χ2n) is 21.0. The summed E-state index contributed by atoms with van der Waals surface area (Å²) in [6.45, 7) is 6.48. The van der Waals surface area contributed by atoms with Gasteiger partial charge in [0.15, 0.2) is 6.10 Å². The zero-order valence-electron chi connectivity index (χ0n) is 48.8. The minimum absolute atomic E-state index is 0.0804. The van der Waals surface area contributed by atoms with Crippen molar-refractivity contribution < 1.29 is 28.6 Å². The van der Waals surface area contributed by atoms with Crippen LogP contribution in [0, 0.1) is 0 Å². The number of allylic oxidation sites excluding steroid dienone is 14. The van der Waals surface area contributed by atoms with Crippen LogP contribution < -0.4 is 0 Å². The SMILES string of the molecule is CC/C=C\C/C=C\C/C=C\C/C=C\C/C=C\C/C=C\C/C=C\CCCCCCCC(=O)OCC(COC(=O)CCCCCCCC)OC(=O)CCCCCCCCCCCCCCCCCCCCCCCCC. The summed E-state index contributed by atoms with van der Waals surface area (Å²) < 4.78 is 16.8. The maximum absolute atomic E-state index is 12.8. The highest BCUT2D eigenvalue weighted by molar-refractivity contribution is 5.71. The van der Waals surface area contributed by atoms with Crippen LogP contribution in [-0.4, -0.2) is 37.2 Å². The lowest BCUT2D eigenvalue weighted by Gasteiger charge is -2.18. The van der Waals surface area contributed by atoms with Gasteiger partial charge in [-0.1, -0.05) is 298 Å². The third kappa shape index (κ3) is 59.5. The first-order valence-electron chi connectivity index (χ1n) is 31.6. The molecular formula is C68H118O6. The maximum Gasteiger partial charge on any atom is 0.306 e. The van der Waals surface area contributed by atoms with Crippen molar-refractivity contribution in [3.63, 3.8) is 0 Å². The van der Waals surface area contributed by atoms with Crippen LogP contribution in [0.2, 0.25) is 0 Å². The lowest BCUT2D eigenvalue weighted by Crippen LogP contribution is -2.30. The average molecular weight is 1030 g/mol. The van der Waals surface area contributed by atoms with Crippen molar-refractivity contribution in [1.29, 1.82) is 0 Å². The van der Waals surface area contributed by atoms with Crippen LogP contribution in [0.5, 0.6) is 0 Å². The van der Waals surface area contributed by atoms with E-state index in [0.29, 0.717) is 19.3 Å². The number of rotatable bonds is 57. The van der Waals surface area contributed by atoms with Crippen molar-refractivity contribution in [2.75, 3.05) is 13.2 Å². The van der Waals surface area contributed by atoms with E-state index in [0.717, 1.165) is 122 Å². The van der Waals surface area contributed by atoms with E-state index in [4.69, 9.17) is 14.2 Å². The normalized spacial score (nSPS) is 12.6. The van der Waals surface area contributed by atoms with Crippen molar-refractivity contribution >= 4 is 17.9 Å². The first kappa shape index (κ1) is 70.6. The monoisotopic (exact) mass is 1030 g/mol. The Morgan fingerprint density at radius 2 is 0.527 bits per heavy atom. The van der Waals surface area contributed by atoms with Crippen molar-refractivity contribution in [2.24, 2.45) is 0 Å². The van der Waals surface area contributed by atoms with Gasteiger partial charge in [-0.2, -0.15) is 0 Å². The first-order chi connectivity index (χ1) is 36.5. The Bertz CT molecular complexity index is 1420. The number of hydrogen-bond donors (Lipinski definition) is 0. The minimum atomic E-state index is -0.781. The van der Waals surface area contributed by atoms with Crippen LogP contribution in [0.1, 0.15) is 310 Å². The molecule has 0 bridgehead atoms. The van der Waals surface area contributed by atoms with Gasteiger partial charge in [-0.3, -0.25) is 14.4 Å². The van der Waals surface area contributed by atoms with Crippen LogP contribution in [0.4, 0.5) is 0 Å². The van der Waals surface area contributed by atoms with Gasteiger partial charge in [0.05, 0.1) is 0 Å². The van der Waals surface area contributed by atoms with Gasteiger partial charge < -0.3 is 14.2 Å². The van der Waals surface area contributed by atoms with Crippen LogP contribution in [0.3, 0.4) is 0 Å². The molecule has 0 aromatic rings. The Hall–Kier alpha value is -3.41. The van der Waals surface area contributed by atoms with E-state index in [1.807, 2.05) is 0 Å². The molecule has 0 aliphatic rings. The summed E-state index contributed by atoms with van der Waals surface area (Å²) in [5.74, 6) is -0.898. The fourth-order valence-corrected chi connectivity index (χ4v) is 8.95. The molecule has 426 valence electrons. The zero-order chi connectivity index (χ0) is 53.6. The molecule has 0 spiro atoms. The van der Waals surface area contributed by atoms with E-state index in [2.05, 4.69) is 106 Å². The van der Waals surface area contributed by atoms with Gasteiger partial charge in [0, 0.05) is 19.3 Å². The fourth-order valence-electron chi connectivity index (χ4n) is 8.95. The van der Waals surface area contributed by atoms with Crippen LogP contribution in [0.15, 0.2) is 85.1 Å². The molecule has 0 aliphatic heterocycles. The Morgan fingerprint density at radius 1 is 0.284 bits per heavy atom. The largest absolute Gasteiger partial charge is 0.462 e. The predicted molar refractivity (Wildman–Crippen MR) is 321 cm³/mol. The highest BCUT2D eigenvalue weighted by Crippen LogP contribution is 2.17. The van der Waals surface area contributed by atoms with Gasteiger partial charge in [-0.25, -0.2) is 0 Å². The Morgan fingerprint density at radius 3 is 0.824 bits per heavy atom. The summed E-state index contributed by atoms with van der Waals surface area (Å²) in [7, 11) is 0. The smallest absolute Gasteiger partial charge is 0.306 e. The number of unbranched alkanes of at least 4 members (excludes halogenated alkanes) is 32. The summed E-state index contributed by atoms with van der Waals surface area (Å²) in [6, 6.07) is 0. The topological polar surface area (TPSA) is 78.9 Å². The third-order valence-electron chi connectivity index (χ3n) is 13.7. The molecule has 0 N–H and O–H groups in total. The molecule has 1 atom stereocenters. The molecule has 0 radical (unpaired) electrons. The predicted octanol–water partition coefficient (Wildman–Crippen LogP) is 21.5. The van der Waals surface area contributed by atoms with Gasteiger partial charge >= 0.3 is 17.9 Å². The molecule has 0 aromatic heterocycles. The molecule has 0 amide bonds. The van der Waals surface area contributed by atoms with Crippen LogP contribution in [0.25, 0.3) is 0 Å².